The molecule has 2 N–H and O–H groups in total. The van der Waals surface area contributed by atoms with Crippen LogP contribution >= 0.6 is 23.1 Å². The molecule has 2 amide bonds. The van der Waals surface area contributed by atoms with Crippen LogP contribution in [0.3, 0.4) is 0 Å². The van der Waals surface area contributed by atoms with Gasteiger partial charge in [-0.05, 0) is 35.7 Å². The SMILES string of the molecule is O=C(Nc1c[nH]c2ccccc12)c1ccc2c(c1)N(Cc1cccs1)C(=O)CS2. The van der Waals surface area contributed by atoms with Gasteiger partial charge in [-0.3, -0.25) is 9.59 Å². The second-order valence-electron chi connectivity index (χ2n) is 6.73. The van der Waals surface area contributed by atoms with Crippen LogP contribution in [0.25, 0.3) is 10.9 Å². The van der Waals surface area contributed by atoms with Crippen molar-refractivity contribution in [2.45, 2.75) is 11.4 Å². The number of hydrogen-bond acceptors (Lipinski definition) is 4. The average molecular weight is 420 g/mol. The first-order chi connectivity index (χ1) is 14.2. The van der Waals surface area contributed by atoms with Crippen molar-refractivity contribution in [1.29, 1.82) is 0 Å². The highest BCUT2D eigenvalue weighted by atomic mass is 32.2. The van der Waals surface area contributed by atoms with Crippen molar-refractivity contribution in [2.24, 2.45) is 0 Å². The highest BCUT2D eigenvalue weighted by molar-refractivity contribution is 8.00. The molecular formula is C22H17N3O2S2. The summed E-state index contributed by atoms with van der Waals surface area (Å²) in [6.07, 6.45) is 1.80. The number of carbonyl (C=O) groups is 2. The summed E-state index contributed by atoms with van der Waals surface area (Å²) in [4.78, 5) is 32.6. The van der Waals surface area contributed by atoms with Gasteiger partial charge in [0, 0.05) is 32.4 Å². The quantitative estimate of drug-likeness (QED) is 0.482. The molecule has 0 saturated carbocycles. The van der Waals surface area contributed by atoms with Crippen molar-refractivity contribution in [1.82, 2.24) is 4.98 Å². The molecule has 1 aliphatic heterocycles. The number of carbonyl (C=O) groups excluding carboxylic acids is 2. The fourth-order valence-electron chi connectivity index (χ4n) is 3.44. The molecule has 0 spiro atoms. The van der Waals surface area contributed by atoms with Crippen LogP contribution in [-0.2, 0) is 11.3 Å². The zero-order chi connectivity index (χ0) is 19.8. The molecule has 0 radical (unpaired) electrons. The van der Waals surface area contributed by atoms with Gasteiger partial charge in [0.1, 0.15) is 0 Å². The normalized spacial score (nSPS) is 13.5. The van der Waals surface area contributed by atoms with Gasteiger partial charge in [-0.2, -0.15) is 0 Å². The summed E-state index contributed by atoms with van der Waals surface area (Å²) in [6.45, 7) is 0.525. The largest absolute Gasteiger partial charge is 0.359 e. The number of H-pyrrole nitrogens is 1. The Morgan fingerprint density at radius 1 is 1.14 bits per heavy atom. The van der Waals surface area contributed by atoms with Gasteiger partial charge in [-0.15, -0.1) is 23.1 Å². The van der Waals surface area contributed by atoms with E-state index in [0.717, 1.165) is 32.1 Å². The number of thiophene rings is 1. The van der Waals surface area contributed by atoms with E-state index in [1.54, 1.807) is 22.4 Å². The first-order valence-corrected chi connectivity index (χ1v) is 11.0. The minimum Gasteiger partial charge on any atom is -0.359 e. The number of thioether (sulfide) groups is 1. The molecule has 0 unspecified atom stereocenters. The highest BCUT2D eigenvalue weighted by Crippen LogP contribution is 2.37. The zero-order valence-corrected chi connectivity index (χ0v) is 17.0. The first-order valence-electron chi connectivity index (χ1n) is 9.16. The Labute approximate surface area is 175 Å². The number of nitrogens with zero attached hydrogens (tertiary/aromatic N) is 1. The number of aromatic nitrogens is 1. The smallest absolute Gasteiger partial charge is 0.255 e. The topological polar surface area (TPSA) is 65.2 Å². The predicted molar refractivity (Wildman–Crippen MR) is 119 cm³/mol. The second-order valence-corrected chi connectivity index (χ2v) is 8.78. The summed E-state index contributed by atoms with van der Waals surface area (Å²) in [5, 5.41) is 5.95. The molecule has 0 atom stereocenters. The van der Waals surface area contributed by atoms with Crippen LogP contribution in [0.15, 0.2) is 71.1 Å². The van der Waals surface area contributed by atoms with Gasteiger partial charge in [0.05, 0.1) is 23.7 Å². The molecule has 5 rings (SSSR count). The molecule has 2 aromatic carbocycles. The predicted octanol–water partition coefficient (Wildman–Crippen LogP) is 5.12. The number of fused-ring (bicyclic) bond motifs is 2. The first kappa shape index (κ1) is 18.0. The van der Waals surface area contributed by atoms with Crippen LogP contribution < -0.4 is 10.2 Å². The summed E-state index contributed by atoms with van der Waals surface area (Å²) in [5.74, 6) is 0.279. The van der Waals surface area contributed by atoms with Gasteiger partial charge in [0.2, 0.25) is 5.91 Å². The summed E-state index contributed by atoms with van der Waals surface area (Å²) >= 11 is 3.14. The molecule has 1 aliphatic rings. The molecular weight excluding hydrogens is 402 g/mol. The van der Waals surface area contributed by atoms with Crippen LogP contribution in [0, 0.1) is 0 Å². The maximum Gasteiger partial charge on any atom is 0.255 e. The Balaban J connectivity index is 1.45. The van der Waals surface area contributed by atoms with Gasteiger partial charge in [0.25, 0.3) is 5.91 Å². The van der Waals surface area contributed by atoms with Crippen LogP contribution in [0.4, 0.5) is 11.4 Å². The van der Waals surface area contributed by atoms with E-state index < -0.39 is 0 Å². The molecule has 5 nitrogen and oxygen atoms in total. The molecule has 0 bridgehead atoms. The Hall–Kier alpha value is -3.03. The number of anilines is 2. The number of para-hydroxylation sites is 1. The van der Waals surface area contributed by atoms with Gasteiger partial charge in [0.15, 0.2) is 0 Å². The van der Waals surface area contributed by atoms with Crippen LogP contribution in [0.5, 0.6) is 0 Å². The molecule has 0 fully saturated rings. The van der Waals surface area contributed by atoms with Crippen LogP contribution in [0.2, 0.25) is 0 Å². The van der Waals surface area contributed by atoms with E-state index >= 15 is 0 Å². The molecule has 29 heavy (non-hydrogen) atoms. The van der Waals surface area contributed by atoms with Gasteiger partial charge in [-0.25, -0.2) is 0 Å². The molecule has 0 saturated heterocycles. The van der Waals surface area contributed by atoms with Crippen molar-refractivity contribution >= 4 is 57.2 Å². The molecule has 0 aliphatic carbocycles. The van der Waals surface area contributed by atoms with Gasteiger partial charge in [-0.1, -0.05) is 24.3 Å². The third kappa shape index (κ3) is 3.43. The Morgan fingerprint density at radius 3 is 2.90 bits per heavy atom. The van der Waals surface area contributed by atoms with Crippen LogP contribution in [-0.4, -0.2) is 22.6 Å². The maximum atomic E-state index is 12.9. The van der Waals surface area contributed by atoms with Crippen molar-refractivity contribution in [2.75, 3.05) is 16.0 Å². The fourth-order valence-corrected chi connectivity index (χ4v) is 5.05. The molecule has 4 aromatic rings. The second kappa shape index (κ2) is 7.42. The van der Waals surface area contributed by atoms with Crippen molar-refractivity contribution in [3.8, 4) is 0 Å². The Bertz CT molecular complexity index is 1210. The number of benzene rings is 2. The number of nitrogens with one attached hydrogen (secondary N) is 2. The molecule has 144 valence electrons. The lowest BCUT2D eigenvalue weighted by Gasteiger charge is -2.29. The number of hydrogen-bond donors (Lipinski definition) is 2. The number of aromatic amines is 1. The van der Waals surface area contributed by atoms with Gasteiger partial charge < -0.3 is 15.2 Å². The minimum atomic E-state index is -0.198. The number of rotatable bonds is 4. The van der Waals surface area contributed by atoms with E-state index in [-0.39, 0.29) is 11.8 Å². The summed E-state index contributed by atoms with van der Waals surface area (Å²) in [5.41, 5.74) is 3.04. The maximum absolute atomic E-state index is 12.9. The van der Waals surface area contributed by atoms with E-state index in [4.69, 9.17) is 0 Å². The lowest BCUT2D eigenvalue weighted by Crippen LogP contribution is -2.34. The summed E-state index contributed by atoms with van der Waals surface area (Å²) in [7, 11) is 0. The molecule has 2 aromatic heterocycles. The molecule has 7 heteroatoms. The van der Waals surface area contributed by atoms with E-state index in [2.05, 4.69) is 10.3 Å². The number of amides is 2. The lowest BCUT2D eigenvalue weighted by molar-refractivity contribution is -0.116. The van der Waals surface area contributed by atoms with Crippen molar-refractivity contribution in [3.63, 3.8) is 0 Å². The lowest BCUT2D eigenvalue weighted by atomic mass is 10.1. The third-order valence-corrected chi connectivity index (χ3v) is 6.80. The Morgan fingerprint density at radius 2 is 2.03 bits per heavy atom. The van der Waals surface area contributed by atoms with E-state index in [0.29, 0.717) is 17.9 Å². The molecule has 3 heterocycles. The Kier molecular flexibility index (Phi) is 4.61. The zero-order valence-electron chi connectivity index (χ0n) is 15.3. The van der Waals surface area contributed by atoms with Gasteiger partial charge >= 0.3 is 0 Å². The van der Waals surface area contributed by atoms with Crippen molar-refractivity contribution < 1.29 is 9.59 Å². The summed E-state index contributed by atoms with van der Waals surface area (Å²) < 4.78 is 0. The standard InChI is InChI=1S/C22H17N3O2S2/c26-21-13-29-20-8-7-14(10-19(20)25(21)12-15-4-3-9-28-15)22(27)24-18-11-23-17-6-2-1-5-16(17)18/h1-11,23H,12-13H2,(H,24,27). The van der Waals surface area contributed by atoms with Crippen LogP contribution in [0.1, 0.15) is 15.2 Å². The fraction of sp³-hybridized carbons (Fsp3) is 0.0909. The highest BCUT2D eigenvalue weighted by Gasteiger charge is 2.26. The van der Waals surface area contributed by atoms with E-state index in [1.165, 1.54) is 11.8 Å². The monoisotopic (exact) mass is 419 g/mol. The van der Waals surface area contributed by atoms with E-state index in [9.17, 15) is 9.59 Å². The third-order valence-electron chi connectivity index (χ3n) is 4.90. The van der Waals surface area contributed by atoms with E-state index in [1.807, 2.05) is 60.0 Å². The average Bonchev–Trinajstić information content (AvgIpc) is 3.40. The minimum absolute atomic E-state index is 0.0603. The summed E-state index contributed by atoms with van der Waals surface area (Å²) in [6, 6.07) is 17.4. The van der Waals surface area contributed by atoms with Crippen molar-refractivity contribution in [3.05, 3.63) is 76.6 Å².